The third-order valence-electron chi connectivity index (χ3n) is 5.24. The number of likely N-dealkylation sites (tertiary alicyclic amines) is 1. The highest BCUT2D eigenvalue weighted by Crippen LogP contribution is 2.40. The number of nitrogens with one attached hydrogen (secondary N) is 1. The first kappa shape index (κ1) is 15.8. The lowest BCUT2D eigenvalue weighted by Crippen LogP contribution is -2.33. The zero-order valence-electron chi connectivity index (χ0n) is 14.1. The Kier molecular flexibility index (Phi) is 4.21. The van der Waals surface area contributed by atoms with Crippen molar-refractivity contribution in [2.24, 2.45) is 11.8 Å². The molecule has 0 bridgehead atoms. The fraction of sp³-hybridized carbons (Fsp3) is 0.444. The molecule has 2 aliphatic rings. The molecule has 2 aromatic heterocycles. The van der Waals surface area contributed by atoms with Crippen LogP contribution in [-0.2, 0) is 0 Å². The average Bonchev–Trinajstić information content (AvgIpc) is 3.24. The van der Waals surface area contributed by atoms with E-state index in [1.165, 1.54) is 0 Å². The molecule has 1 aliphatic heterocycles. The molecule has 1 N–H and O–H groups in total. The normalized spacial score (nSPS) is 24.8. The van der Waals surface area contributed by atoms with E-state index in [0.717, 1.165) is 31.7 Å². The van der Waals surface area contributed by atoms with Gasteiger partial charge in [-0.2, -0.15) is 0 Å². The van der Waals surface area contributed by atoms with E-state index in [1.807, 2.05) is 4.90 Å². The minimum absolute atomic E-state index is 0.00222. The summed E-state index contributed by atoms with van der Waals surface area (Å²) < 4.78 is 5.23. The molecule has 1 saturated carbocycles. The molecule has 0 radical (unpaired) electrons. The van der Waals surface area contributed by atoms with Crippen LogP contribution in [0, 0.1) is 11.8 Å². The number of aromatic nitrogens is 3. The number of nitrogens with zero attached hydrogens (tertiary/aromatic N) is 4. The lowest BCUT2D eigenvalue weighted by atomic mass is 9.98. The van der Waals surface area contributed by atoms with E-state index in [4.69, 9.17) is 4.74 Å². The van der Waals surface area contributed by atoms with Crippen molar-refractivity contribution in [3.8, 4) is 5.88 Å². The maximum Gasteiger partial charge on any atom is 0.259 e. The van der Waals surface area contributed by atoms with Crippen LogP contribution in [0.25, 0.3) is 0 Å². The molecule has 1 saturated heterocycles. The van der Waals surface area contributed by atoms with Crippen molar-refractivity contribution in [3.63, 3.8) is 0 Å². The van der Waals surface area contributed by atoms with Gasteiger partial charge >= 0.3 is 0 Å². The Hall–Kier alpha value is -2.70. The Balaban J connectivity index is 1.46. The molecule has 2 aromatic rings. The van der Waals surface area contributed by atoms with E-state index in [-0.39, 0.29) is 5.91 Å². The molecule has 3 heterocycles. The van der Waals surface area contributed by atoms with Gasteiger partial charge in [0, 0.05) is 43.6 Å². The predicted octanol–water partition coefficient (Wildman–Crippen LogP) is 1.84. The van der Waals surface area contributed by atoms with E-state index in [0.29, 0.717) is 29.3 Å². The van der Waals surface area contributed by atoms with Crippen LogP contribution < -0.4 is 10.1 Å². The van der Waals surface area contributed by atoms with Crippen molar-refractivity contribution >= 4 is 11.7 Å². The molecule has 7 nitrogen and oxygen atoms in total. The first-order valence-corrected chi connectivity index (χ1v) is 8.57. The number of methoxy groups -OCH3 is 1. The van der Waals surface area contributed by atoms with Gasteiger partial charge in [-0.15, -0.1) is 0 Å². The molecule has 25 heavy (non-hydrogen) atoms. The number of amides is 1. The summed E-state index contributed by atoms with van der Waals surface area (Å²) in [6.45, 7) is 1.54. The Morgan fingerprint density at radius 1 is 1.24 bits per heavy atom. The number of fused-ring (bicyclic) bond motifs is 1. The van der Waals surface area contributed by atoms with Crippen molar-refractivity contribution in [2.45, 2.75) is 18.9 Å². The van der Waals surface area contributed by atoms with Crippen LogP contribution in [-0.4, -0.2) is 52.0 Å². The van der Waals surface area contributed by atoms with Crippen molar-refractivity contribution in [2.75, 3.05) is 25.5 Å². The minimum Gasteiger partial charge on any atom is -0.480 e. The number of anilines is 1. The third kappa shape index (κ3) is 3.01. The van der Waals surface area contributed by atoms with Gasteiger partial charge < -0.3 is 15.0 Å². The zero-order valence-corrected chi connectivity index (χ0v) is 14.1. The molecule has 130 valence electrons. The summed E-state index contributed by atoms with van der Waals surface area (Å²) in [6, 6.07) is 3.87. The van der Waals surface area contributed by atoms with E-state index in [2.05, 4.69) is 20.3 Å². The molecule has 0 unspecified atom stereocenters. The van der Waals surface area contributed by atoms with Gasteiger partial charge in [-0.05, 0) is 30.9 Å². The Bertz CT molecular complexity index is 754. The number of carbonyl (C=O) groups excluding carboxylic acids is 1. The quantitative estimate of drug-likeness (QED) is 0.915. The maximum atomic E-state index is 12.9. The van der Waals surface area contributed by atoms with Gasteiger partial charge in [0.15, 0.2) is 0 Å². The van der Waals surface area contributed by atoms with Gasteiger partial charge in [-0.25, -0.2) is 9.97 Å². The molecule has 3 atom stereocenters. The predicted molar refractivity (Wildman–Crippen MR) is 92.3 cm³/mol. The van der Waals surface area contributed by atoms with E-state index in [9.17, 15) is 4.79 Å². The van der Waals surface area contributed by atoms with E-state index < -0.39 is 0 Å². The fourth-order valence-electron chi connectivity index (χ4n) is 4.06. The van der Waals surface area contributed by atoms with Crippen molar-refractivity contribution in [3.05, 3.63) is 42.5 Å². The SMILES string of the molecule is COc1ncccc1C(=O)N1C[C@H]2CC[C@@H](Nc3cnccn3)[C@H]2C1. The Labute approximate surface area is 146 Å². The minimum atomic E-state index is -0.00222. The number of ether oxygens (including phenoxy) is 1. The summed E-state index contributed by atoms with van der Waals surface area (Å²) in [4.78, 5) is 27.4. The summed E-state index contributed by atoms with van der Waals surface area (Å²) in [5.41, 5.74) is 0.531. The van der Waals surface area contributed by atoms with Gasteiger partial charge in [0.1, 0.15) is 11.4 Å². The first-order valence-electron chi connectivity index (χ1n) is 8.57. The first-order chi connectivity index (χ1) is 12.3. The van der Waals surface area contributed by atoms with E-state index in [1.54, 1.807) is 44.0 Å². The third-order valence-corrected chi connectivity index (χ3v) is 5.24. The van der Waals surface area contributed by atoms with Crippen LogP contribution in [0.1, 0.15) is 23.2 Å². The second kappa shape index (κ2) is 6.66. The van der Waals surface area contributed by atoms with E-state index >= 15 is 0 Å². The van der Waals surface area contributed by atoms with Gasteiger partial charge in [0.25, 0.3) is 5.91 Å². The molecular formula is C18H21N5O2. The number of hydrogen-bond donors (Lipinski definition) is 1. The van der Waals surface area contributed by atoms with Gasteiger partial charge in [0.05, 0.1) is 13.3 Å². The van der Waals surface area contributed by atoms with Gasteiger partial charge in [-0.1, -0.05) is 0 Å². The van der Waals surface area contributed by atoms with Crippen LogP contribution in [0.5, 0.6) is 5.88 Å². The van der Waals surface area contributed by atoms with Crippen LogP contribution in [0.3, 0.4) is 0 Å². The number of hydrogen-bond acceptors (Lipinski definition) is 6. The summed E-state index contributed by atoms with van der Waals surface area (Å²) in [5.74, 6) is 2.15. The molecule has 4 rings (SSSR count). The second-order valence-corrected chi connectivity index (χ2v) is 6.61. The highest BCUT2D eigenvalue weighted by molar-refractivity contribution is 5.96. The van der Waals surface area contributed by atoms with Crippen molar-refractivity contribution < 1.29 is 9.53 Å². The standard InChI is InChI=1S/C18H21N5O2/c1-25-17-13(3-2-6-21-17)18(24)23-10-12-4-5-15(14(12)11-23)22-16-9-19-7-8-20-16/h2-3,6-9,12,14-15H,4-5,10-11H2,1H3,(H,20,22)/t12-,14+,15-/m1/s1. The van der Waals surface area contributed by atoms with Gasteiger partial charge in [0.2, 0.25) is 5.88 Å². The van der Waals surface area contributed by atoms with Crippen LogP contribution >= 0.6 is 0 Å². The van der Waals surface area contributed by atoms with Crippen LogP contribution in [0.2, 0.25) is 0 Å². The largest absolute Gasteiger partial charge is 0.480 e. The molecule has 1 aliphatic carbocycles. The number of pyridine rings is 1. The second-order valence-electron chi connectivity index (χ2n) is 6.61. The molecule has 1 amide bonds. The molecule has 0 spiro atoms. The summed E-state index contributed by atoms with van der Waals surface area (Å²) >= 11 is 0. The van der Waals surface area contributed by atoms with Crippen LogP contribution in [0.4, 0.5) is 5.82 Å². The lowest BCUT2D eigenvalue weighted by molar-refractivity contribution is 0.0776. The fourth-order valence-corrected chi connectivity index (χ4v) is 4.06. The Morgan fingerprint density at radius 3 is 2.96 bits per heavy atom. The monoisotopic (exact) mass is 339 g/mol. The summed E-state index contributed by atoms with van der Waals surface area (Å²) in [7, 11) is 1.54. The molecule has 2 fully saturated rings. The van der Waals surface area contributed by atoms with Crippen molar-refractivity contribution in [1.82, 2.24) is 19.9 Å². The Morgan fingerprint density at radius 2 is 2.16 bits per heavy atom. The van der Waals surface area contributed by atoms with Crippen molar-refractivity contribution in [1.29, 1.82) is 0 Å². The highest BCUT2D eigenvalue weighted by Gasteiger charge is 2.44. The molecule has 7 heteroatoms. The smallest absolute Gasteiger partial charge is 0.259 e. The maximum absolute atomic E-state index is 12.9. The number of rotatable bonds is 4. The topological polar surface area (TPSA) is 80.2 Å². The molecular weight excluding hydrogens is 318 g/mol. The number of carbonyl (C=O) groups is 1. The molecule has 0 aromatic carbocycles. The highest BCUT2D eigenvalue weighted by atomic mass is 16.5. The zero-order chi connectivity index (χ0) is 17.2. The van der Waals surface area contributed by atoms with Crippen LogP contribution in [0.15, 0.2) is 36.9 Å². The summed E-state index contributed by atoms with van der Waals surface area (Å²) in [6.07, 6.45) is 8.95. The summed E-state index contributed by atoms with van der Waals surface area (Å²) in [5, 5.41) is 3.49. The lowest BCUT2D eigenvalue weighted by Gasteiger charge is -2.22. The average molecular weight is 339 g/mol. The van der Waals surface area contributed by atoms with Gasteiger partial charge in [-0.3, -0.25) is 9.78 Å².